The summed E-state index contributed by atoms with van der Waals surface area (Å²) >= 11 is 9.78. The van der Waals surface area contributed by atoms with Crippen LogP contribution >= 0.6 is 27.5 Å². The molecule has 1 aromatic heterocycles. The van der Waals surface area contributed by atoms with Crippen molar-refractivity contribution in [2.24, 2.45) is 12.5 Å². The van der Waals surface area contributed by atoms with Gasteiger partial charge in [0.25, 0.3) is 0 Å². The van der Waals surface area contributed by atoms with E-state index in [1.165, 1.54) is 29.4 Å². The van der Waals surface area contributed by atoms with Crippen molar-refractivity contribution in [3.05, 3.63) is 15.9 Å². The van der Waals surface area contributed by atoms with Crippen molar-refractivity contribution in [2.45, 2.75) is 39.0 Å². The van der Waals surface area contributed by atoms with E-state index in [-0.39, 0.29) is 0 Å². The molecule has 1 aliphatic carbocycles. The summed E-state index contributed by atoms with van der Waals surface area (Å²) < 4.78 is 3.20. The van der Waals surface area contributed by atoms with Gasteiger partial charge in [-0.1, -0.05) is 13.3 Å². The lowest BCUT2D eigenvalue weighted by Gasteiger charge is -2.40. The van der Waals surface area contributed by atoms with E-state index < -0.39 is 0 Å². The highest BCUT2D eigenvalue weighted by atomic mass is 79.9. The molecule has 1 aromatic rings. The highest BCUT2D eigenvalue weighted by molar-refractivity contribution is 9.10. The molecule has 90 valence electrons. The van der Waals surface area contributed by atoms with E-state index in [9.17, 15) is 0 Å². The van der Waals surface area contributed by atoms with Crippen molar-refractivity contribution >= 4 is 27.5 Å². The molecule has 0 bridgehead atoms. The third-order valence-corrected chi connectivity index (χ3v) is 5.23. The minimum atomic E-state index is 0.336. The molecule has 1 fully saturated rings. The standard InChI is InChI=1S/C12H18BrClN2/c1-3-9-11(13)10(16(2)15-9)7-12(8-14)5-4-6-12/h3-8H2,1-2H3. The SMILES string of the molecule is CCc1nn(C)c(CC2(CCl)CCC2)c1Br. The molecule has 0 amide bonds. The Morgan fingerprint density at radius 1 is 1.50 bits per heavy atom. The highest BCUT2D eigenvalue weighted by Gasteiger charge is 2.37. The first-order chi connectivity index (χ1) is 7.62. The van der Waals surface area contributed by atoms with Crippen LogP contribution in [0.2, 0.25) is 0 Å². The molecule has 1 heterocycles. The van der Waals surface area contributed by atoms with E-state index in [0.29, 0.717) is 5.41 Å². The number of hydrogen-bond acceptors (Lipinski definition) is 1. The Morgan fingerprint density at radius 2 is 2.19 bits per heavy atom. The van der Waals surface area contributed by atoms with Crippen LogP contribution in [0.4, 0.5) is 0 Å². The first kappa shape index (κ1) is 12.4. The summed E-state index contributed by atoms with van der Waals surface area (Å²) in [6, 6.07) is 0. The maximum absolute atomic E-state index is 6.11. The molecule has 2 nitrogen and oxygen atoms in total. The lowest BCUT2D eigenvalue weighted by atomic mass is 9.67. The lowest BCUT2D eigenvalue weighted by Crippen LogP contribution is -2.34. The Bertz CT molecular complexity index is 377. The second-order valence-corrected chi connectivity index (χ2v) is 5.91. The Morgan fingerprint density at radius 3 is 2.56 bits per heavy atom. The number of alkyl halides is 1. The van der Waals surface area contributed by atoms with Gasteiger partial charge in [-0.2, -0.15) is 5.10 Å². The molecule has 2 rings (SSSR count). The van der Waals surface area contributed by atoms with Crippen molar-refractivity contribution in [2.75, 3.05) is 5.88 Å². The van der Waals surface area contributed by atoms with Crippen molar-refractivity contribution in [1.82, 2.24) is 9.78 Å². The Labute approximate surface area is 110 Å². The molecule has 1 saturated carbocycles. The van der Waals surface area contributed by atoms with Crippen LogP contribution < -0.4 is 0 Å². The molecule has 16 heavy (non-hydrogen) atoms. The molecule has 1 aliphatic rings. The maximum Gasteiger partial charge on any atom is 0.0766 e. The summed E-state index contributed by atoms with van der Waals surface area (Å²) in [5.41, 5.74) is 2.79. The minimum absolute atomic E-state index is 0.336. The van der Waals surface area contributed by atoms with E-state index in [4.69, 9.17) is 11.6 Å². The zero-order valence-electron chi connectivity index (χ0n) is 9.89. The zero-order chi connectivity index (χ0) is 11.8. The second kappa shape index (κ2) is 4.69. The van der Waals surface area contributed by atoms with Gasteiger partial charge in [-0.05, 0) is 47.0 Å². The van der Waals surface area contributed by atoms with Gasteiger partial charge in [-0.3, -0.25) is 4.68 Å². The summed E-state index contributed by atoms with van der Waals surface area (Å²) in [7, 11) is 2.03. The lowest BCUT2D eigenvalue weighted by molar-refractivity contribution is 0.162. The first-order valence-electron chi connectivity index (χ1n) is 5.88. The smallest absolute Gasteiger partial charge is 0.0766 e. The van der Waals surface area contributed by atoms with Gasteiger partial charge in [0.05, 0.1) is 15.9 Å². The predicted molar refractivity (Wildman–Crippen MR) is 71.0 cm³/mol. The van der Waals surface area contributed by atoms with Gasteiger partial charge in [-0.25, -0.2) is 0 Å². The fourth-order valence-corrected chi connectivity index (χ4v) is 3.52. The van der Waals surface area contributed by atoms with Crippen LogP contribution in [0.5, 0.6) is 0 Å². The Balaban J connectivity index is 2.23. The summed E-state index contributed by atoms with van der Waals surface area (Å²) in [6.45, 7) is 2.14. The third kappa shape index (κ3) is 2.04. The number of aromatic nitrogens is 2. The molecule has 0 aliphatic heterocycles. The van der Waals surface area contributed by atoms with Crippen LogP contribution in [0.3, 0.4) is 0 Å². The molecular weight excluding hydrogens is 288 g/mol. The molecule has 0 atom stereocenters. The van der Waals surface area contributed by atoms with Crippen molar-refractivity contribution < 1.29 is 0 Å². The molecule has 0 spiro atoms. The summed E-state index contributed by atoms with van der Waals surface area (Å²) in [6.07, 6.45) is 5.87. The van der Waals surface area contributed by atoms with E-state index in [1.54, 1.807) is 0 Å². The summed E-state index contributed by atoms with van der Waals surface area (Å²) in [5.74, 6) is 0.770. The van der Waals surface area contributed by atoms with Gasteiger partial charge in [0, 0.05) is 12.9 Å². The first-order valence-corrected chi connectivity index (χ1v) is 7.21. The Kier molecular flexibility index (Phi) is 3.65. The van der Waals surface area contributed by atoms with Gasteiger partial charge in [0.15, 0.2) is 0 Å². The average molecular weight is 306 g/mol. The topological polar surface area (TPSA) is 17.8 Å². The second-order valence-electron chi connectivity index (χ2n) is 4.85. The molecule has 0 aromatic carbocycles. The molecule has 0 saturated heterocycles. The van der Waals surface area contributed by atoms with E-state index in [2.05, 4.69) is 28.0 Å². The van der Waals surface area contributed by atoms with E-state index in [0.717, 1.165) is 24.4 Å². The quantitative estimate of drug-likeness (QED) is 0.776. The predicted octanol–water partition coefficient (Wildman–Crippen LogP) is 3.70. The number of rotatable bonds is 4. The highest BCUT2D eigenvalue weighted by Crippen LogP contribution is 2.45. The molecule has 4 heteroatoms. The van der Waals surface area contributed by atoms with Crippen molar-refractivity contribution in [1.29, 1.82) is 0 Å². The summed E-state index contributed by atoms with van der Waals surface area (Å²) in [4.78, 5) is 0. The number of hydrogen-bond donors (Lipinski definition) is 0. The minimum Gasteiger partial charge on any atom is -0.271 e. The number of aryl methyl sites for hydroxylation is 2. The van der Waals surface area contributed by atoms with Gasteiger partial charge >= 0.3 is 0 Å². The third-order valence-electron chi connectivity index (χ3n) is 3.74. The van der Waals surface area contributed by atoms with Crippen LogP contribution in [0.1, 0.15) is 37.6 Å². The normalized spacial score (nSPS) is 18.5. The van der Waals surface area contributed by atoms with Crippen LogP contribution in [-0.2, 0) is 19.9 Å². The van der Waals surface area contributed by atoms with Gasteiger partial charge in [0.2, 0.25) is 0 Å². The Hall–Kier alpha value is -0.0200. The van der Waals surface area contributed by atoms with Crippen LogP contribution in [0.25, 0.3) is 0 Å². The van der Waals surface area contributed by atoms with E-state index >= 15 is 0 Å². The molecule has 0 unspecified atom stereocenters. The summed E-state index contributed by atoms with van der Waals surface area (Å²) in [5, 5.41) is 4.53. The fourth-order valence-electron chi connectivity index (χ4n) is 2.40. The molecule has 0 N–H and O–H groups in total. The van der Waals surface area contributed by atoms with Gasteiger partial charge in [0.1, 0.15) is 0 Å². The zero-order valence-corrected chi connectivity index (χ0v) is 12.2. The van der Waals surface area contributed by atoms with Crippen molar-refractivity contribution in [3.8, 4) is 0 Å². The van der Waals surface area contributed by atoms with Crippen molar-refractivity contribution in [3.63, 3.8) is 0 Å². The van der Waals surface area contributed by atoms with Crippen LogP contribution in [0, 0.1) is 5.41 Å². The monoisotopic (exact) mass is 304 g/mol. The average Bonchev–Trinajstić information content (AvgIpc) is 2.49. The fraction of sp³-hybridized carbons (Fsp3) is 0.750. The van der Waals surface area contributed by atoms with Gasteiger partial charge in [-0.15, -0.1) is 11.6 Å². The van der Waals surface area contributed by atoms with Gasteiger partial charge < -0.3 is 0 Å². The maximum atomic E-state index is 6.11. The number of halogens is 2. The number of nitrogens with zero attached hydrogens (tertiary/aromatic N) is 2. The van der Waals surface area contributed by atoms with E-state index in [1.807, 2.05) is 11.7 Å². The van der Waals surface area contributed by atoms with Crippen LogP contribution in [0.15, 0.2) is 4.47 Å². The largest absolute Gasteiger partial charge is 0.271 e. The molecule has 0 radical (unpaired) electrons. The molecular formula is C12H18BrClN2. The van der Waals surface area contributed by atoms with Crippen LogP contribution in [-0.4, -0.2) is 15.7 Å².